The van der Waals surface area contributed by atoms with E-state index in [0.29, 0.717) is 32.2 Å². The van der Waals surface area contributed by atoms with Crippen LogP contribution in [0, 0.1) is 0 Å². The second-order valence-corrected chi connectivity index (χ2v) is 5.07. The highest BCUT2D eigenvalue weighted by molar-refractivity contribution is 5.85. The van der Waals surface area contributed by atoms with Crippen molar-refractivity contribution >= 4 is 18.3 Å². The maximum atomic E-state index is 12.3. The highest BCUT2D eigenvalue weighted by Crippen LogP contribution is 2.19. The maximum absolute atomic E-state index is 12.3. The summed E-state index contributed by atoms with van der Waals surface area (Å²) in [4.78, 5) is 16.4. The van der Waals surface area contributed by atoms with Crippen molar-refractivity contribution in [3.8, 4) is 0 Å². The monoisotopic (exact) mass is 301 g/mol. The zero-order chi connectivity index (χ0) is 14.1. The van der Waals surface area contributed by atoms with E-state index in [1.165, 1.54) is 12.8 Å². The number of carbonyl (C=O) groups is 1. The number of halogens is 1. The predicted octanol–water partition coefficient (Wildman–Crippen LogP) is 1.81. The second kappa shape index (κ2) is 10.9. The molecule has 0 bridgehead atoms. The number of piperidine rings is 1. The standard InChI is InChI=1S/C15H27N3O.ClH/c1-3-10-17(11-4-2)15(19)13-18-12-6-5-7-14(18)8-9-16;/h3-4,14H,1-2,5-13,16H2;1H. The molecule has 1 amide bonds. The normalized spacial score (nSPS) is 18.9. The summed E-state index contributed by atoms with van der Waals surface area (Å²) in [5, 5.41) is 0. The number of carbonyl (C=O) groups excluding carboxylic acids is 1. The van der Waals surface area contributed by atoms with E-state index in [2.05, 4.69) is 18.1 Å². The first kappa shape index (κ1) is 19.2. The van der Waals surface area contributed by atoms with E-state index in [1.807, 2.05) is 0 Å². The molecule has 20 heavy (non-hydrogen) atoms. The van der Waals surface area contributed by atoms with Gasteiger partial charge in [0, 0.05) is 19.1 Å². The molecule has 1 heterocycles. The fourth-order valence-corrected chi connectivity index (χ4v) is 2.65. The molecule has 0 aromatic carbocycles. The molecule has 1 atom stereocenters. The summed E-state index contributed by atoms with van der Waals surface area (Å²) in [5.74, 6) is 0.156. The number of hydrogen-bond donors (Lipinski definition) is 1. The van der Waals surface area contributed by atoms with E-state index in [4.69, 9.17) is 5.73 Å². The van der Waals surface area contributed by atoms with Crippen LogP contribution in [0.25, 0.3) is 0 Å². The summed E-state index contributed by atoms with van der Waals surface area (Å²) in [6.07, 6.45) is 8.09. The van der Waals surface area contributed by atoms with E-state index >= 15 is 0 Å². The zero-order valence-electron chi connectivity index (χ0n) is 12.3. The minimum absolute atomic E-state index is 0. The van der Waals surface area contributed by atoms with Crippen molar-refractivity contribution in [1.82, 2.24) is 9.80 Å². The highest BCUT2D eigenvalue weighted by atomic mass is 35.5. The molecule has 1 fully saturated rings. The predicted molar refractivity (Wildman–Crippen MR) is 87.1 cm³/mol. The Morgan fingerprint density at radius 1 is 1.30 bits per heavy atom. The molecular weight excluding hydrogens is 274 g/mol. The van der Waals surface area contributed by atoms with Crippen molar-refractivity contribution in [1.29, 1.82) is 0 Å². The average Bonchev–Trinajstić information content (AvgIpc) is 2.41. The summed E-state index contributed by atoms with van der Waals surface area (Å²) in [6.45, 7) is 10.8. The minimum Gasteiger partial charge on any atom is -0.334 e. The van der Waals surface area contributed by atoms with Crippen molar-refractivity contribution in [2.45, 2.75) is 31.7 Å². The molecule has 0 radical (unpaired) electrons. The van der Waals surface area contributed by atoms with Gasteiger partial charge in [0.2, 0.25) is 5.91 Å². The molecule has 0 aromatic rings. The van der Waals surface area contributed by atoms with Crippen LogP contribution in [0.2, 0.25) is 0 Å². The Kier molecular flexibility index (Phi) is 10.4. The van der Waals surface area contributed by atoms with E-state index in [9.17, 15) is 4.79 Å². The number of amides is 1. The summed E-state index contributed by atoms with van der Waals surface area (Å²) >= 11 is 0. The van der Waals surface area contributed by atoms with Gasteiger partial charge >= 0.3 is 0 Å². The van der Waals surface area contributed by atoms with Gasteiger partial charge in [-0.3, -0.25) is 9.69 Å². The summed E-state index contributed by atoms with van der Waals surface area (Å²) in [7, 11) is 0. The third kappa shape index (κ3) is 6.07. The van der Waals surface area contributed by atoms with Gasteiger partial charge in [-0.25, -0.2) is 0 Å². The molecular formula is C15H28ClN3O. The Balaban J connectivity index is 0.00000361. The third-order valence-corrected chi connectivity index (χ3v) is 3.64. The lowest BCUT2D eigenvalue weighted by Gasteiger charge is -2.36. The molecule has 1 aliphatic heterocycles. The number of hydrogen-bond acceptors (Lipinski definition) is 3. The Labute approximate surface area is 129 Å². The van der Waals surface area contributed by atoms with Crippen molar-refractivity contribution in [2.24, 2.45) is 5.73 Å². The summed E-state index contributed by atoms with van der Waals surface area (Å²) < 4.78 is 0. The van der Waals surface area contributed by atoms with Crippen LogP contribution in [0.3, 0.4) is 0 Å². The fraction of sp³-hybridized carbons (Fsp3) is 0.667. The molecule has 4 nitrogen and oxygen atoms in total. The fourth-order valence-electron chi connectivity index (χ4n) is 2.65. The molecule has 1 unspecified atom stereocenters. The van der Waals surface area contributed by atoms with Crippen LogP contribution in [0.1, 0.15) is 25.7 Å². The van der Waals surface area contributed by atoms with E-state index < -0.39 is 0 Å². The quantitative estimate of drug-likeness (QED) is 0.696. The number of rotatable bonds is 8. The number of likely N-dealkylation sites (tertiary alicyclic amines) is 1. The zero-order valence-corrected chi connectivity index (χ0v) is 13.1. The van der Waals surface area contributed by atoms with Crippen LogP contribution < -0.4 is 5.73 Å². The van der Waals surface area contributed by atoms with Gasteiger partial charge in [0.1, 0.15) is 0 Å². The topological polar surface area (TPSA) is 49.6 Å². The van der Waals surface area contributed by atoms with Crippen LogP contribution in [0.5, 0.6) is 0 Å². The Morgan fingerprint density at radius 3 is 2.50 bits per heavy atom. The average molecular weight is 302 g/mol. The smallest absolute Gasteiger partial charge is 0.237 e. The van der Waals surface area contributed by atoms with Crippen molar-refractivity contribution in [3.05, 3.63) is 25.3 Å². The SMILES string of the molecule is C=CCN(CC=C)C(=O)CN1CCCCC1CCN.Cl. The molecule has 5 heteroatoms. The van der Waals surface area contributed by atoms with Gasteiger partial charge in [0.25, 0.3) is 0 Å². The molecule has 1 aliphatic rings. The lowest BCUT2D eigenvalue weighted by molar-refractivity contribution is -0.132. The van der Waals surface area contributed by atoms with E-state index in [1.54, 1.807) is 17.1 Å². The summed E-state index contributed by atoms with van der Waals surface area (Å²) in [5.41, 5.74) is 5.66. The van der Waals surface area contributed by atoms with E-state index in [-0.39, 0.29) is 18.3 Å². The Bertz CT molecular complexity index is 297. The Hall–Kier alpha value is -0.840. The second-order valence-electron chi connectivity index (χ2n) is 5.07. The van der Waals surface area contributed by atoms with Crippen molar-refractivity contribution in [3.63, 3.8) is 0 Å². The van der Waals surface area contributed by atoms with Crippen molar-refractivity contribution in [2.75, 3.05) is 32.7 Å². The van der Waals surface area contributed by atoms with Gasteiger partial charge in [0.15, 0.2) is 0 Å². The maximum Gasteiger partial charge on any atom is 0.237 e. The van der Waals surface area contributed by atoms with Crippen LogP contribution in [-0.4, -0.2) is 54.5 Å². The summed E-state index contributed by atoms with van der Waals surface area (Å²) in [6, 6.07) is 0.469. The van der Waals surface area contributed by atoms with Crippen molar-refractivity contribution < 1.29 is 4.79 Å². The van der Waals surface area contributed by atoms with Crippen LogP contribution in [0.4, 0.5) is 0 Å². The van der Waals surface area contributed by atoms with Gasteiger partial charge < -0.3 is 10.6 Å². The van der Waals surface area contributed by atoms with E-state index in [0.717, 1.165) is 19.4 Å². The molecule has 0 spiro atoms. The molecule has 0 saturated carbocycles. The highest BCUT2D eigenvalue weighted by Gasteiger charge is 2.24. The molecule has 1 rings (SSSR count). The van der Waals surface area contributed by atoms with Gasteiger partial charge in [-0.05, 0) is 32.4 Å². The first-order valence-corrected chi connectivity index (χ1v) is 7.16. The first-order chi connectivity index (χ1) is 9.22. The van der Waals surface area contributed by atoms with Gasteiger partial charge in [-0.15, -0.1) is 25.6 Å². The number of nitrogens with zero attached hydrogens (tertiary/aromatic N) is 2. The lowest BCUT2D eigenvalue weighted by atomic mass is 9.99. The largest absolute Gasteiger partial charge is 0.334 e. The Morgan fingerprint density at radius 2 is 1.95 bits per heavy atom. The van der Waals surface area contributed by atoms with Crippen LogP contribution in [-0.2, 0) is 4.79 Å². The first-order valence-electron chi connectivity index (χ1n) is 7.16. The number of nitrogens with two attached hydrogens (primary N) is 1. The molecule has 116 valence electrons. The third-order valence-electron chi connectivity index (χ3n) is 3.64. The molecule has 0 aromatic heterocycles. The van der Waals surface area contributed by atoms with Gasteiger partial charge in [0.05, 0.1) is 6.54 Å². The van der Waals surface area contributed by atoms with Gasteiger partial charge in [-0.1, -0.05) is 18.6 Å². The van der Waals surface area contributed by atoms with Crippen LogP contribution >= 0.6 is 12.4 Å². The molecule has 1 saturated heterocycles. The van der Waals surface area contributed by atoms with Gasteiger partial charge in [-0.2, -0.15) is 0 Å². The molecule has 0 aliphatic carbocycles. The molecule has 2 N–H and O–H groups in total. The van der Waals surface area contributed by atoms with Crippen LogP contribution in [0.15, 0.2) is 25.3 Å². The lowest BCUT2D eigenvalue weighted by Crippen LogP contribution is -2.47. The minimum atomic E-state index is 0.